The van der Waals surface area contributed by atoms with Crippen molar-refractivity contribution in [1.29, 1.82) is 0 Å². The summed E-state index contributed by atoms with van der Waals surface area (Å²) >= 11 is 0. The van der Waals surface area contributed by atoms with Gasteiger partial charge in [-0.3, -0.25) is 19.4 Å². The van der Waals surface area contributed by atoms with Crippen LogP contribution in [-0.2, 0) is 27.5 Å². The molecule has 2 N–H and O–H groups in total. The lowest BCUT2D eigenvalue weighted by Gasteiger charge is -2.22. The fourth-order valence-electron chi connectivity index (χ4n) is 4.77. The minimum atomic E-state index is -4.63. The summed E-state index contributed by atoms with van der Waals surface area (Å²) in [7, 11) is 1.46. The standard InChI is InChI=1S/C18H15F3N2O.C12H15F2NO.C3H5NO3/c1-10-6-7-13(16-12(10)5-4-8-22-16)15-14(18(19,20)21)9-11(2)23(3)17(15)24;1-9-11(13)7-10(8-12(9)14)15-3-2-5-16-6-4-15;5-2-4-1-3(6)7/h4-9H,1-3H3;7-8H,2-6H2,1H3;2H,1H2,(H,4,5)(H,6,7). The van der Waals surface area contributed by atoms with Gasteiger partial charge in [0.1, 0.15) is 18.2 Å². The fourth-order valence-corrected chi connectivity index (χ4v) is 4.77. The summed E-state index contributed by atoms with van der Waals surface area (Å²) in [5, 5.41) is 10.5. The van der Waals surface area contributed by atoms with Crippen LogP contribution in [0.15, 0.2) is 53.5 Å². The molecule has 9 nitrogen and oxygen atoms in total. The molecular formula is C33H35F5N4O5. The quantitative estimate of drug-likeness (QED) is 0.213. The van der Waals surface area contributed by atoms with Gasteiger partial charge in [-0.25, -0.2) is 8.78 Å². The number of alkyl halides is 3. The Bertz CT molecular complexity index is 1760. The van der Waals surface area contributed by atoms with Gasteiger partial charge in [-0.05, 0) is 57.0 Å². The van der Waals surface area contributed by atoms with Gasteiger partial charge in [0.15, 0.2) is 0 Å². The zero-order chi connectivity index (χ0) is 34.9. The zero-order valence-electron chi connectivity index (χ0n) is 26.3. The van der Waals surface area contributed by atoms with Crippen LogP contribution in [0.4, 0.5) is 27.6 Å². The molecule has 3 heterocycles. The summed E-state index contributed by atoms with van der Waals surface area (Å²) in [5.41, 5.74) is 0.435. The van der Waals surface area contributed by atoms with E-state index in [0.717, 1.165) is 30.0 Å². The number of fused-ring (bicyclic) bond motifs is 1. The number of aromatic nitrogens is 2. The second kappa shape index (κ2) is 16.1. The normalized spacial score (nSPS) is 13.1. The van der Waals surface area contributed by atoms with E-state index in [0.29, 0.717) is 37.4 Å². The number of hydrogen-bond acceptors (Lipinski definition) is 6. The molecule has 0 saturated carbocycles. The third-order valence-electron chi connectivity index (χ3n) is 7.42. The third kappa shape index (κ3) is 9.35. The maximum Gasteiger partial charge on any atom is 0.417 e. The molecule has 0 radical (unpaired) electrons. The van der Waals surface area contributed by atoms with E-state index in [2.05, 4.69) is 4.98 Å². The van der Waals surface area contributed by atoms with E-state index >= 15 is 0 Å². The molecule has 14 heteroatoms. The number of carboxylic acids is 1. The van der Waals surface area contributed by atoms with Crippen molar-refractivity contribution in [2.24, 2.45) is 7.05 Å². The lowest BCUT2D eigenvalue weighted by atomic mass is 9.95. The van der Waals surface area contributed by atoms with Crippen LogP contribution in [-0.4, -0.2) is 59.9 Å². The van der Waals surface area contributed by atoms with E-state index < -0.39 is 34.9 Å². The van der Waals surface area contributed by atoms with Gasteiger partial charge in [0, 0.05) is 60.8 Å². The van der Waals surface area contributed by atoms with Gasteiger partial charge < -0.3 is 24.6 Å². The van der Waals surface area contributed by atoms with Crippen LogP contribution >= 0.6 is 0 Å². The first kappa shape index (κ1) is 36.6. The summed E-state index contributed by atoms with van der Waals surface area (Å²) in [5.74, 6) is -2.01. The smallest absolute Gasteiger partial charge is 0.417 e. The van der Waals surface area contributed by atoms with Gasteiger partial charge in [0.25, 0.3) is 5.56 Å². The summed E-state index contributed by atoms with van der Waals surface area (Å²) in [6.45, 7) is 7.26. The number of amides is 1. The van der Waals surface area contributed by atoms with Crippen molar-refractivity contribution in [1.82, 2.24) is 14.9 Å². The van der Waals surface area contributed by atoms with Crippen molar-refractivity contribution in [3.05, 3.63) is 93.0 Å². The molecule has 0 aliphatic carbocycles. The highest BCUT2D eigenvalue weighted by atomic mass is 19.4. The Labute approximate surface area is 267 Å². The Kier molecular flexibility index (Phi) is 12.6. The van der Waals surface area contributed by atoms with E-state index in [1.807, 2.05) is 17.1 Å². The number of nitrogens with zero attached hydrogens (tertiary/aromatic N) is 3. The SMILES string of the molecule is Cc1c(F)cc(N2CCCOCC2)cc1F.Cc1ccc(-c2c(C(F)(F)F)cc(C)n(C)c2=O)c2ncccc12.O=CNCC(=O)O. The van der Waals surface area contributed by atoms with E-state index in [4.69, 9.17) is 9.84 Å². The average Bonchev–Trinajstić information content (AvgIpc) is 3.32. The number of hydrogen-bond donors (Lipinski definition) is 2. The highest BCUT2D eigenvalue weighted by molar-refractivity contribution is 5.96. The summed E-state index contributed by atoms with van der Waals surface area (Å²) in [6, 6.07) is 10.5. The zero-order valence-corrected chi connectivity index (χ0v) is 26.3. The highest BCUT2D eigenvalue weighted by Crippen LogP contribution is 2.38. The van der Waals surface area contributed by atoms with Crippen molar-refractivity contribution in [3.63, 3.8) is 0 Å². The largest absolute Gasteiger partial charge is 0.480 e. The lowest BCUT2D eigenvalue weighted by molar-refractivity contribution is -0.137. The second-order valence-corrected chi connectivity index (χ2v) is 10.6. The molecule has 5 rings (SSSR count). The van der Waals surface area contributed by atoms with Crippen LogP contribution in [0.3, 0.4) is 0 Å². The van der Waals surface area contributed by atoms with Crippen LogP contribution in [0.25, 0.3) is 22.0 Å². The van der Waals surface area contributed by atoms with Gasteiger partial charge in [-0.15, -0.1) is 0 Å². The minimum absolute atomic E-state index is 0.0785. The number of pyridine rings is 2. The van der Waals surface area contributed by atoms with Gasteiger partial charge in [-0.2, -0.15) is 13.2 Å². The van der Waals surface area contributed by atoms with Crippen LogP contribution in [0.5, 0.6) is 0 Å². The van der Waals surface area contributed by atoms with Crippen molar-refractivity contribution in [2.75, 3.05) is 37.7 Å². The maximum absolute atomic E-state index is 13.5. The summed E-state index contributed by atoms with van der Waals surface area (Å²) in [4.78, 5) is 37.7. The number of halogens is 5. The average molecular weight is 663 g/mol. The van der Waals surface area contributed by atoms with Gasteiger partial charge in [0.2, 0.25) is 6.41 Å². The van der Waals surface area contributed by atoms with Gasteiger partial charge >= 0.3 is 12.1 Å². The van der Waals surface area contributed by atoms with E-state index in [9.17, 15) is 36.3 Å². The van der Waals surface area contributed by atoms with Crippen molar-refractivity contribution < 1.29 is 41.4 Å². The number of carbonyl (C=O) groups excluding carboxylic acids is 1. The number of carbonyl (C=O) groups is 2. The van der Waals surface area contributed by atoms with Crippen LogP contribution in [0, 0.1) is 32.4 Å². The number of aliphatic carboxylic acids is 1. The predicted octanol–water partition coefficient (Wildman–Crippen LogP) is 5.55. The summed E-state index contributed by atoms with van der Waals surface area (Å²) in [6.07, 6.45) is -1.89. The molecule has 1 aliphatic rings. The molecular weight excluding hydrogens is 627 g/mol. The Balaban J connectivity index is 0.000000224. The molecule has 1 fully saturated rings. The first-order valence-corrected chi connectivity index (χ1v) is 14.5. The van der Waals surface area contributed by atoms with E-state index in [1.165, 1.54) is 49.9 Å². The number of benzene rings is 2. The van der Waals surface area contributed by atoms with Crippen molar-refractivity contribution in [2.45, 2.75) is 33.4 Å². The van der Waals surface area contributed by atoms with Crippen LogP contribution in [0.1, 0.15) is 28.8 Å². The summed E-state index contributed by atoms with van der Waals surface area (Å²) < 4.78 is 73.9. The van der Waals surface area contributed by atoms with Crippen molar-refractivity contribution >= 4 is 29.0 Å². The molecule has 1 aliphatic heterocycles. The Morgan fingerprint density at radius 1 is 1.06 bits per heavy atom. The van der Waals surface area contributed by atoms with Crippen LogP contribution in [0.2, 0.25) is 0 Å². The highest BCUT2D eigenvalue weighted by Gasteiger charge is 2.36. The first-order chi connectivity index (χ1) is 22.2. The fraction of sp³-hybridized carbons (Fsp3) is 0.333. The first-order valence-electron chi connectivity index (χ1n) is 14.5. The molecule has 1 amide bonds. The molecule has 0 spiro atoms. The van der Waals surface area contributed by atoms with Crippen molar-refractivity contribution in [3.8, 4) is 11.1 Å². The number of anilines is 1. The number of ether oxygens (including phenoxy) is 1. The predicted molar refractivity (Wildman–Crippen MR) is 167 cm³/mol. The van der Waals surface area contributed by atoms with Gasteiger partial charge in [-0.1, -0.05) is 18.2 Å². The van der Waals surface area contributed by atoms with Crippen LogP contribution < -0.4 is 15.8 Å². The molecule has 2 aromatic carbocycles. The topological polar surface area (TPSA) is 114 Å². The Morgan fingerprint density at radius 2 is 1.74 bits per heavy atom. The lowest BCUT2D eigenvalue weighted by Crippen LogP contribution is -2.26. The minimum Gasteiger partial charge on any atom is -0.480 e. The van der Waals surface area contributed by atoms with Gasteiger partial charge in [0.05, 0.1) is 23.3 Å². The number of rotatable bonds is 5. The van der Waals surface area contributed by atoms with E-state index in [1.54, 1.807) is 18.2 Å². The molecule has 252 valence electrons. The number of nitrogens with one attached hydrogen (secondary N) is 1. The Hall–Kier alpha value is -4.85. The number of aryl methyl sites for hydroxylation is 2. The molecule has 0 bridgehead atoms. The molecule has 1 saturated heterocycles. The van der Waals surface area contributed by atoms with E-state index in [-0.39, 0.29) is 28.9 Å². The third-order valence-corrected chi connectivity index (χ3v) is 7.42. The molecule has 2 aromatic heterocycles. The molecule has 4 aromatic rings. The molecule has 47 heavy (non-hydrogen) atoms. The maximum atomic E-state index is 13.5. The monoisotopic (exact) mass is 662 g/mol. The second-order valence-electron chi connectivity index (χ2n) is 10.6. The Morgan fingerprint density at radius 3 is 2.34 bits per heavy atom. The number of carboxylic acid groups (broad SMARTS) is 1. The molecule has 0 unspecified atom stereocenters. The molecule has 0 atom stereocenters.